The number of aryl methyl sites for hydroxylation is 1. The molecule has 0 unspecified atom stereocenters. The molecule has 1 atom stereocenters. The van der Waals surface area contributed by atoms with E-state index in [0.29, 0.717) is 23.5 Å². The molecule has 0 saturated heterocycles. The minimum Gasteiger partial charge on any atom is -0.449 e. The van der Waals surface area contributed by atoms with Crippen LogP contribution >= 0.6 is 0 Å². The first-order chi connectivity index (χ1) is 12.4. The number of benzene rings is 1. The number of rotatable bonds is 6. The molecule has 0 aliphatic carbocycles. The van der Waals surface area contributed by atoms with Crippen LogP contribution in [-0.4, -0.2) is 46.3 Å². The van der Waals surface area contributed by atoms with Gasteiger partial charge in [0.05, 0.1) is 29.6 Å². The van der Waals surface area contributed by atoms with E-state index in [1.54, 1.807) is 25.6 Å². The average molecular weight is 354 g/mol. The van der Waals surface area contributed by atoms with Gasteiger partial charge < -0.3 is 9.64 Å². The Morgan fingerprint density at radius 1 is 1.31 bits per heavy atom. The van der Waals surface area contributed by atoms with E-state index in [2.05, 4.69) is 5.10 Å². The molecular weight excluding hydrogens is 332 g/mol. The second-order valence-electron chi connectivity index (χ2n) is 6.01. The van der Waals surface area contributed by atoms with Crippen molar-refractivity contribution in [1.29, 1.82) is 5.26 Å². The van der Waals surface area contributed by atoms with Crippen molar-refractivity contribution in [3.63, 3.8) is 0 Å². The Morgan fingerprint density at radius 3 is 2.58 bits per heavy atom. The molecule has 7 nitrogen and oxygen atoms in total. The van der Waals surface area contributed by atoms with E-state index < -0.39 is 12.1 Å². The SMILES string of the molecule is Cc1nn(-c2ccccc2)c(C)c1C(=O)O[C@@H](C)C(=O)N(C)CCC#N. The van der Waals surface area contributed by atoms with Gasteiger partial charge in [0, 0.05) is 13.6 Å². The van der Waals surface area contributed by atoms with Gasteiger partial charge in [-0.2, -0.15) is 10.4 Å². The summed E-state index contributed by atoms with van der Waals surface area (Å²) >= 11 is 0. The fraction of sp³-hybridized carbons (Fsp3) is 0.368. The smallest absolute Gasteiger partial charge is 0.342 e. The predicted octanol–water partition coefficient (Wildman–Crippen LogP) is 2.41. The molecule has 1 aromatic heterocycles. The van der Waals surface area contributed by atoms with Crippen molar-refractivity contribution < 1.29 is 14.3 Å². The highest BCUT2D eigenvalue weighted by atomic mass is 16.5. The summed E-state index contributed by atoms with van der Waals surface area (Å²) in [5.41, 5.74) is 2.38. The van der Waals surface area contributed by atoms with E-state index in [0.717, 1.165) is 5.69 Å². The van der Waals surface area contributed by atoms with Crippen molar-refractivity contribution in [2.75, 3.05) is 13.6 Å². The number of ether oxygens (including phenoxy) is 1. The molecule has 0 fully saturated rings. The number of likely N-dealkylation sites (N-methyl/N-ethyl adjacent to an activating group) is 1. The summed E-state index contributed by atoms with van der Waals surface area (Å²) in [6.07, 6.45) is -0.713. The molecule has 0 aliphatic heterocycles. The summed E-state index contributed by atoms with van der Waals surface area (Å²) in [7, 11) is 1.58. The Bertz CT molecular complexity index is 836. The van der Waals surface area contributed by atoms with Crippen LogP contribution in [0, 0.1) is 25.2 Å². The highest BCUT2D eigenvalue weighted by molar-refractivity contribution is 5.94. The number of hydrogen-bond donors (Lipinski definition) is 0. The number of aromatic nitrogens is 2. The first-order valence-electron chi connectivity index (χ1n) is 8.31. The molecule has 0 saturated carbocycles. The summed E-state index contributed by atoms with van der Waals surface area (Å²) in [6.45, 7) is 5.33. The Balaban J connectivity index is 2.17. The summed E-state index contributed by atoms with van der Waals surface area (Å²) in [5, 5.41) is 13.0. The van der Waals surface area contributed by atoms with Crippen LogP contribution in [0.2, 0.25) is 0 Å². The number of amides is 1. The minimum absolute atomic E-state index is 0.227. The Labute approximate surface area is 152 Å². The molecule has 0 N–H and O–H groups in total. The largest absolute Gasteiger partial charge is 0.449 e. The monoisotopic (exact) mass is 354 g/mol. The molecule has 2 aromatic rings. The highest BCUT2D eigenvalue weighted by Crippen LogP contribution is 2.19. The molecule has 0 aliphatic rings. The molecular formula is C19H22N4O3. The van der Waals surface area contributed by atoms with Gasteiger partial charge in [0.1, 0.15) is 5.56 Å². The van der Waals surface area contributed by atoms with Gasteiger partial charge in [-0.25, -0.2) is 9.48 Å². The van der Waals surface area contributed by atoms with Crippen LogP contribution in [0.15, 0.2) is 30.3 Å². The lowest BCUT2D eigenvalue weighted by atomic mass is 10.2. The Kier molecular flexibility index (Phi) is 6.12. The number of carbonyl (C=O) groups is 2. The topological polar surface area (TPSA) is 88.2 Å². The number of para-hydroxylation sites is 1. The van der Waals surface area contributed by atoms with Crippen molar-refractivity contribution in [2.45, 2.75) is 33.3 Å². The van der Waals surface area contributed by atoms with Gasteiger partial charge in [0.15, 0.2) is 6.10 Å². The molecule has 1 aromatic carbocycles. The maximum absolute atomic E-state index is 12.6. The molecule has 26 heavy (non-hydrogen) atoms. The second kappa shape index (κ2) is 8.30. The van der Waals surface area contributed by atoms with Gasteiger partial charge in [-0.05, 0) is 32.9 Å². The molecule has 0 radical (unpaired) electrons. The lowest BCUT2D eigenvalue weighted by molar-refractivity contribution is -0.138. The van der Waals surface area contributed by atoms with Gasteiger partial charge in [-0.3, -0.25) is 4.79 Å². The van der Waals surface area contributed by atoms with Crippen LogP contribution in [0.3, 0.4) is 0 Å². The number of carbonyl (C=O) groups excluding carboxylic acids is 2. The Morgan fingerprint density at radius 2 is 1.96 bits per heavy atom. The maximum atomic E-state index is 12.6. The number of nitrogens with zero attached hydrogens (tertiary/aromatic N) is 4. The van der Waals surface area contributed by atoms with Gasteiger partial charge in [0.25, 0.3) is 5.91 Å². The van der Waals surface area contributed by atoms with Gasteiger partial charge >= 0.3 is 5.97 Å². The van der Waals surface area contributed by atoms with E-state index in [1.807, 2.05) is 36.4 Å². The van der Waals surface area contributed by atoms with Crippen LogP contribution in [0.4, 0.5) is 0 Å². The second-order valence-corrected chi connectivity index (χ2v) is 6.01. The first-order valence-corrected chi connectivity index (χ1v) is 8.31. The lowest BCUT2D eigenvalue weighted by Crippen LogP contribution is -2.38. The zero-order valence-electron chi connectivity index (χ0n) is 15.4. The normalized spacial score (nSPS) is 11.5. The molecule has 1 amide bonds. The Hall–Kier alpha value is -3.14. The fourth-order valence-electron chi connectivity index (χ4n) is 2.67. The highest BCUT2D eigenvalue weighted by Gasteiger charge is 2.26. The molecule has 7 heteroatoms. The standard InChI is InChI=1S/C19H22N4O3/c1-13-17(14(2)23(21-13)16-9-6-5-7-10-16)19(25)26-15(3)18(24)22(4)12-8-11-20/h5-7,9-10,15H,8,12H2,1-4H3/t15-/m0/s1. The van der Waals surface area contributed by atoms with Gasteiger partial charge in [-0.15, -0.1) is 0 Å². The zero-order valence-corrected chi connectivity index (χ0v) is 15.4. The van der Waals surface area contributed by atoms with Crippen molar-refractivity contribution in [2.24, 2.45) is 0 Å². The predicted molar refractivity (Wildman–Crippen MR) is 95.8 cm³/mol. The van der Waals surface area contributed by atoms with Crippen LogP contribution < -0.4 is 0 Å². The van der Waals surface area contributed by atoms with E-state index in [9.17, 15) is 9.59 Å². The van der Waals surface area contributed by atoms with E-state index in [4.69, 9.17) is 10.00 Å². The molecule has 2 rings (SSSR count). The van der Waals surface area contributed by atoms with E-state index >= 15 is 0 Å². The summed E-state index contributed by atoms with van der Waals surface area (Å²) in [4.78, 5) is 26.2. The van der Waals surface area contributed by atoms with Crippen molar-refractivity contribution in [3.8, 4) is 11.8 Å². The van der Waals surface area contributed by atoms with Gasteiger partial charge in [-0.1, -0.05) is 18.2 Å². The summed E-state index contributed by atoms with van der Waals surface area (Å²) in [6, 6.07) is 11.5. The van der Waals surface area contributed by atoms with Crippen molar-refractivity contribution in [1.82, 2.24) is 14.7 Å². The maximum Gasteiger partial charge on any atom is 0.342 e. The third-order valence-corrected chi connectivity index (χ3v) is 4.06. The molecule has 136 valence electrons. The van der Waals surface area contributed by atoms with Crippen LogP contribution in [0.1, 0.15) is 35.1 Å². The van der Waals surface area contributed by atoms with Crippen molar-refractivity contribution >= 4 is 11.9 Å². The van der Waals surface area contributed by atoms with Crippen molar-refractivity contribution in [3.05, 3.63) is 47.3 Å². The molecule has 0 bridgehead atoms. The summed E-state index contributed by atoms with van der Waals surface area (Å²) < 4.78 is 7.02. The quantitative estimate of drug-likeness (QED) is 0.743. The molecule has 1 heterocycles. The third-order valence-electron chi connectivity index (χ3n) is 4.06. The minimum atomic E-state index is -0.940. The summed E-state index contributed by atoms with van der Waals surface area (Å²) in [5.74, 6) is -0.934. The third kappa shape index (κ3) is 4.09. The first kappa shape index (κ1) is 19.2. The van der Waals surface area contributed by atoms with Gasteiger partial charge in [0.2, 0.25) is 0 Å². The van der Waals surface area contributed by atoms with Crippen LogP contribution in [0.5, 0.6) is 0 Å². The van der Waals surface area contributed by atoms with Crippen LogP contribution in [0.25, 0.3) is 5.69 Å². The average Bonchev–Trinajstić information content (AvgIpc) is 2.93. The van der Waals surface area contributed by atoms with Crippen LogP contribution in [-0.2, 0) is 9.53 Å². The number of nitriles is 1. The number of hydrogen-bond acceptors (Lipinski definition) is 5. The fourth-order valence-corrected chi connectivity index (χ4v) is 2.67. The zero-order chi connectivity index (χ0) is 19.3. The number of esters is 1. The van der Waals surface area contributed by atoms with E-state index in [1.165, 1.54) is 11.8 Å². The lowest BCUT2D eigenvalue weighted by Gasteiger charge is -2.20. The molecule has 0 spiro atoms. The van der Waals surface area contributed by atoms with E-state index in [-0.39, 0.29) is 12.3 Å².